The van der Waals surface area contributed by atoms with Gasteiger partial charge in [-0.25, -0.2) is 0 Å². The number of esters is 1. The highest BCUT2D eigenvalue weighted by atomic mass is 32.2. The molecule has 16 heavy (non-hydrogen) atoms. The molecule has 0 spiro atoms. The quantitative estimate of drug-likeness (QED) is 0.617. The van der Waals surface area contributed by atoms with Crippen LogP contribution in [0.1, 0.15) is 27.7 Å². The van der Waals surface area contributed by atoms with E-state index in [0.29, 0.717) is 5.25 Å². The largest absolute Gasteiger partial charge is 0.462 e. The zero-order chi connectivity index (χ0) is 12.8. The van der Waals surface area contributed by atoms with Crippen molar-refractivity contribution in [2.45, 2.75) is 37.7 Å². The molecule has 3 nitrogen and oxygen atoms in total. The molecule has 0 aromatic heterocycles. The molecule has 0 amide bonds. The molecule has 0 rings (SSSR count). The summed E-state index contributed by atoms with van der Waals surface area (Å²) in [7, 11) is 0. The number of aliphatic hydroxyl groups excluding tert-OH is 1. The molecule has 94 valence electrons. The molecule has 0 aliphatic rings. The lowest BCUT2D eigenvalue weighted by Crippen LogP contribution is -2.31. The fourth-order valence-corrected chi connectivity index (χ4v) is 4.32. The second-order valence-electron chi connectivity index (χ2n) is 3.89. The number of hydrogen-bond donors (Lipinski definition) is 1. The van der Waals surface area contributed by atoms with Crippen LogP contribution in [0.4, 0.5) is 0 Å². The predicted molar refractivity (Wildman–Crippen MR) is 75.0 cm³/mol. The van der Waals surface area contributed by atoms with Gasteiger partial charge in [-0.3, -0.25) is 4.79 Å². The molecule has 1 N–H and O–H groups in total. The molecule has 0 aliphatic heterocycles. The molecule has 0 saturated heterocycles. The minimum Gasteiger partial charge on any atom is -0.462 e. The minimum atomic E-state index is -0.700. The SMILES string of the molecule is CC(C)SC(=S)SC(C)(C)C(=O)OCCO. The second-order valence-corrected chi connectivity index (χ2v) is 8.29. The van der Waals surface area contributed by atoms with Crippen LogP contribution in [0.3, 0.4) is 0 Å². The summed E-state index contributed by atoms with van der Waals surface area (Å²) in [6.45, 7) is 7.52. The van der Waals surface area contributed by atoms with Crippen molar-refractivity contribution in [2.75, 3.05) is 13.2 Å². The van der Waals surface area contributed by atoms with Crippen LogP contribution >= 0.6 is 35.7 Å². The number of thiocarbonyl (C=S) groups is 1. The summed E-state index contributed by atoms with van der Waals surface area (Å²) in [6.07, 6.45) is 0. The summed E-state index contributed by atoms with van der Waals surface area (Å²) in [5, 5.41) is 8.97. The summed E-state index contributed by atoms with van der Waals surface area (Å²) < 4.78 is 4.92. The van der Waals surface area contributed by atoms with E-state index in [9.17, 15) is 4.79 Å². The van der Waals surface area contributed by atoms with Gasteiger partial charge in [-0.05, 0) is 13.8 Å². The molecule has 0 fully saturated rings. The van der Waals surface area contributed by atoms with Crippen molar-refractivity contribution in [1.82, 2.24) is 0 Å². The Bertz CT molecular complexity index is 252. The van der Waals surface area contributed by atoms with Crippen LogP contribution < -0.4 is 0 Å². The van der Waals surface area contributed by atoms with Crippen molar-refractivity contribution in [3.05, 3.63) is 0 Å². The maximum atomic E-state index is 11.6. The summed E-state index contributed by atoms with van der Waals surface area (Å²) in [6, 6.07) is 0. The molecule has 0 heterocycles. The third kappa shape index (κ3) is 6.73. The van der Waals surface area contributed by atoms with Crippen LogP contribution in [0, 0.1) is 0 Å². The smallest absolute Gasteiger partial charge is 0.322 e. The predicted octanol–water partition coefficient (Wildman–Crippen LogP) is 2.46. The Morgan fingerprint density at radius 2 is 2.06 bits per heavy atom. The normalized spacial score (nSPS) is 11.6. The van der Waals surface area contributed by atoms with Crippen molar-refractivity contribution in [2.24, 2.45) is 0 Å². The van der Waals surface area contributed by atoms with E-state index in [2.05, 4.69) is 13.8 Å². The number of carbonyl (C=O) groups excluding carboxylic acids is 1. The summed E-state index contributed by atoms with van der Waals surface area (Å²) in [5.41, 5.74) is 0. The number of thioether (sulfide) groups is 2. The number of carbonyl (C=O) groups is 1. The highest BCUT2D eigenvalue weighted by molar-refractivity contribution is 8.47. The third-order valence-corrected chi connectivity index (χ3v) is 4.07. The van der Waals surface area contributed by atoms with Crippen molar-refractivity contribution in [3.63, 3.8) is 0 Å². The van der Waals surface area contributed by atoms with Gasteiger partial charge in [-0.1, -0.05) is 37.8 Å². The number of rotatable bonds is 5. The first-order chi connectivity index (χ1) is 7.29. The number of ether oxygens (including phenoxy) is 1. The van der Waals surface area contributed by atoms with Crippen LogP contribution in [0.25, 0.3) is 0 Å². The van der Waals surface area contributed by atoms with E-state index in [1.807, 2.05) is 0 Å². The van der Waals surface area contributed by atoms with E-state index < -0.39 is 4.75 Å². The van der Waals surface area contributed by atoms with Crippen LogP contribution in [-0.2, 0) is 9.53 Å². The lowest BCUT2D eigenvalue weighted by Gasteiger charge is -2.22. The van der Waals surface area contributed by atoms with Gasteiger partial charge in [-0.2, -0.15) is 0 Å². The second kappa shape index (κ2) is 7.53. The molecule has 0 radical (unpaired) electrons. The topological polar surface area (TPSA) is 46.5 Å². The highest BCUT2D eigenvalue weighted by Crippen LogP contribution is 2.33. The lowest BCUT2D eigenvalue weighted by molar-refractivity contribution is -0.146. The maximum absolute atomic E-state index is 11.6. The van der Waals surface area contributed by atoms with Crippen molar-refractivity contribution in [1.29, 1.82) is 0 Å². The first-order valence-electron chi connectivity index (χ1n) is 4.97. The van der Waals surface area contributed by atoms with Gasteiger partial charge in [0.05, 0.1) is 6.61 Å². The Balaban J connectivity index is 4.21. The van der Waals surface area contributed by atoms with E-state index in [4.69, 9.17) is 22.1 Å². The Morgan fingerprint density at radius 1 is 1.50 bits per heavy atom. The van der Waals surface area contributed by atoms with Gasteiger partial charge in [0, 0.05) is 5.25 Å². The first-order valence-corrected chi connectivity index (χ1v) is 7.07. The van der Waals surface area contributed by atoms with E-state index in [0.717, 1.165) is 3.53 Å². The maximum Gasteiger partial charge on any atom is 0.322 e. The zero-order valence-electron chi connectivity index (χ0n) is 9.98. The number of aliphatic hydroxyl groups is 1. The Morgan fingerprint density at radius 3 is 2.50 bits per heavy atom. The standard InChI is InChI=1S/C10H18O3S3/c1-7(2)15-9(14)16-10(3,4)8(12)13-6-5-11/h7,11H,5-6H2,1-4H3. The van der Waals surface area contributed by atoms with Gasteiger partial charge in [0.25, 0.3) is 0 Å². The monoisotopic (exact) mass is 282 g/mol. The Hall–Kier alpha value is 0.220. The van der Waals surface area contributed by atoms with E-state index in [-0.39, 0.29) is 19.2 Å². The average Bonchev–Trinajstić information content (AvgIpc) is 2.11. The molecule has 0 saturated carbocycles. The molecule has 0 atom stereocenters. The van der Waals surface area contributed by atoms with Crippen LogP contribution in [0.15, 0.2) is 0 Å². The number of hydrogen-bond acceptors (Lipinski definition) is 6. The van der Waals surface area contributed by atoms with Gasteiger partial charge >= 0.3 is 5.97 Å². The molecule has 0 bridgehead atoms. The molecular formula is C10H18O3S3. The first kappa shape index (κ1) is 16.2. The van der Waals surface area contributed by atoms with Gasteiger partial charge < -0.3 is 9.84 Å². The third-order valence-electron chi connectivity index (χ3n) is 1.49. The van der Waals surface area contributed by atoms with Crippen LogP contribution in [0.2, 0.25) is 0 Å². The van der Waals surface area contributed by atoms with Gasteiger partial charge in [0.1, 0.15) is 14.9 Å². The van der Waals surface area contributed by atoms with Crippen LogP contribution in [-0.4, -0.2) is 37.8 Å². The zero-order valence-corrected chi connectivity index (χ0v) is 12.4. The Kier molecular flexibility index (Phi) is 7.63. The molecule has 0 unspecified atom stereocenters. The molecule has 0 aromatic rings. The summed E-state index contributed by atoms with van der Waals surface area (Å²) in [4.78, 5) is 11.6. The van der Waals surface area contributed by atoms with E-state index >= 15 is 0 Å². The lowest BCUT2D eigenvalue weighted by atomic mass is 10.2. The van der Waals surface area contributed by atoms with E-state index in [1.165, 1.54) is 11.8 Å². The summed E-state index contributed by atoms with van der Waals surface area (Å²) in [5.74, 6) is -0.349. The molecule has 0 aliphatic carbocycles. The molecular weight excluding hydrogens is 264 g/mol. The highest BCUT2D eigenvalue weighted by Gasteiger charge is 2.32. The van der Waals surface area contributed by atoms with E-state index in [1.54, 1.807) is 25.6 Å². The fourth-order valence-electron chi connectivity index (χ4n) is 0.779. The van der Waals surface area contributed by atoms with Gasteiger partial charge in [0.15, 0.2) is 0 Å². The van der Waals surface area contributed by atoms with Crippen molar-refractivity contribution < 1.29 is 14.6 Å². The average molecular weight is 282 g/mol. The molecule has 6 heteroatoms. The summed E-state index contributed by atoms with van der Waals surface area (Å²) >= 11 is 8.07. The van der Waals surface area contributed by atoms with Gasteiger partial charge in [-0.15, -0.1) is 11.8 Å². The van der Waals surface area contributed by atoms with Crippen molar-refractivity contribution in [3.8, 4) is 0 Å². The molecule has 0 aromatic carbocycles. The minimum absolute atomic E-state index is 0.0346. The van der Waals surface area contributed by atoms with Crippen LogP contribution in [0.5, 0.6) is 0 Å². The fraction of sp³-hybridized carbons (Fsp3) is 0.800. The van der Waals surface area contributed by atoms with Crippen molar-refractivity contribution >= 4 is 45.2 Å². The Labute approximate surface area is 111 Å². The van der Waals surface area contributed by atoms with Gasteiger partial charge in [0.2, 0.25) is 0 Å².